The van der Waals surface area contributed by atoms with E-state index >= 15 is 0 Å². The molecular weight excluding hydrogens is 140 g/mol. The topological polar surface area (TPSA) is 67.6 Å². The fraction of sp³-hybridized carbons (Fsp3) is 0.143. The molecule has 0 atom stereocenters. The second-order valence-electron chi connectivity index (χ2n) is 2.30. The molecule has 0 aliphatic carbocycles. The summed E-state index contributed by atoms with van der Waals surface area (Å²) in [6, 6.07) is 0. The number of nitrogens with one attached hydrogen (secondary N) is 1. The Morgan fingerprint density at radius 1 is 1.55 bits per heavy atom. The highest BCUT2D eigenvalue weighted by atomic mass is 14.9. The quantitative estimate of drug-likeness (QED) is 0.615. The fourth-order valence-corrected chi connectivity index (χ4v) is 1.08. The van der Waals surface area contributed by atoms with Gasteiger partial charge in [0, 0.05) is 24.3 Å². The molecule has 0 aromatic carbocycles. The highest BCUT2D eigenvalue weighted by molar-refractivity contribution is 5.78. The molecule has 2 rings (SSSR count). The first-order valence-corrected chi connectivity index (χ1v) is 3.38. The Balaban J connectivity index is 2.76. The molecule has 3 N–H and O–H groups in total. The van der Waals surface area contributed by atoms with Gasteiger partial charge in [-0.1, -0.05) is 0 Å². The van der Waals surface area contributed by atoms with Crippen molar-refractivity contribution < 1.29 is 0 Å². The number of rotatable bonds is 1. The second kappa shape index (κ2) is 2.32. The van der Waals surface area contributed by atoms with Crippen molar-refractivity contribution in [2.45, 2.75) is 6.54 Å². The first-order valence-electron chi connectivity index (χ1n) is 3.38. The van der Waals surface area contributed by atoms with E-state index in [1.807, 2.05) is 6.20 Å². The second-order valence-corrected chi connectivity index (χ2v) is 2.30. The molecule has 2 heterocycles. The minimum Gasteiger partial charge on any atom is -0.346 e. The van der Waals surface area contributed by atoms with Gasteiger partial charge >= 0.3 is 0 Å². The van der Waals surface area contributed by atoms with Crippen LogP contribution in [0.4, 0.5) is 0 Å². The zero-order valence-corrected chi connectivity index (χ0v) is 5.91. The summed E-state index contributed by atoms with van der Waals surface area (Å²) in [6.07, 6.45) is 5.14. The molecule has 0 radical (unpaired) electrons. The molecular formula is C7H8N4. The third kappa shape index (κ3) is 0.877. The molecule has 4 heteroatoms. The van der Waals surface area contributed by atoms with E-state index < -0.39 is 0 Å². The maximum atomic E-state index is 5.48. The zero-order valence-electron chi connectivity index (χ0n) is 5.91. The Morgan fingerprint density at radius 2 is 2.45 bits per heavy atom. The van der Waals surface area contributed by atoms with Crippen molar-refractivity contribution in [3.8, 4) is 0 Å². The van der Waals surface area contributed by atoms with Gasteiger partial charge in [-0.2, -0.15) is 0 Å². The molecule has 0 aliphatic heterocycles. The molecule has 0 fully saturated rings. The van der Waals surface area contributed by atoms with E-state index in [4.69, 9.17) is 5.73 Å². The number of aromatic nitrogens is 3. The summed E-state index contributed by atoms with van der Waals surface area (Å²) in [7, 11) is 0. The number of hydrogen-bond acceptors (Lipinski definition) is 3. The molecule has 2 aromatic rings. The smallest absolute Gasteiger partial charge is 0.140 e. The van der Waals surface area contributed by atoms with E-state index in [2.05, 4.69) is 15.0 Å². The van der Waals surface area contributed by atoms with Gasteiger partial charge in [-0.3, -0.25) is 0 Å². The summed E-state index contributed by atoms with van der Waals surface area (Å²) < 4.78 is 0. The van der Waals surface area contributed by atoms with E-state index in [1.165, 1.54) is 6.33 Å². The predicted octanol–water partition coefficient (Wildman–Crippen LogP) is 0.417. The lowest BCUT2D eigenvalue weighted by Crippen LogP contribution is -1.94. The summed E-state index contributed by atoms with van der Waals surface area (Å²) >= 11 is 0. The molecule has 0 saturated heterocycles. The maximum absolute atomic E-state index is 5.48. The lowest BCUT2D eigenvalue weighted by Gasteiger charge is -1.89. The van der Waals surface area contributed by atoms with Crippen molar-refractivity contribution in [1.82, 2.24) is 15.0 Å². The molecule has 0 aliphatic rings. The van der Waals surface area contributed by atoms with E-state index in [-0.39, 0.29) is 0 Å². The molecule has 56 valence electrons. The average Bonchev–Trinajstić information content (AvgIpc) is 2.47. The van der Waals surface area contributed by atoms with E-state index in [0.29, 0.717) is 6.54 Å². The molecule has 0 saturated carbocycles. The Bertz CT molecular complexity index is 365. The predicted molar refractivity (Wildman–Crippen MR) is 41.8 cm³/mol. The van der Waals surface area contributed by atoms with Crippen LogP contribution in [-0.2, 0) is 6.54 Å². The molecule has 0 unspecified atom stereocenters. The van der Waals surface area contributed by atoms with Gasteiger partial charge in [0.25, 0.3) is 0 Å². The van der Waals surface area contributed by atoms with Crippen LogP contribution in [0.25, 0.3) is 11.0 Å². The molecule has 2 aromatic heterocycles. The fourth-order valence-electron chi connectivity index (χ4n) is 1.08. The number of nitrogens with two attached hydrogens (primary N) is 1. The highest BCUT2D eigenvalue weighted by Crippen LogP contribution is 2.12. The number of nitrogens with zero attached hydrogens (tertiary/aromatic N) is 2. The summed E-state index contributed by atoms with van der Waals surface area (Å²) in [6.45, 7) is 0.521. The maximum Gasteiger partial charge on any atom is 0.140 e. The van der Waals surface area contributed by atoms with Gasteiger partial charge in [0.1, 0.15) is 12.0 Å². The van der Waals surface area contributed by atoms with Crippen molar-refractivity contribution in [3.63, 3.8) is 0 Å². The van der Waals surface area contributed by atoms with Crippen molar-refractivity contribution in [1.29, 1.82) is 0 Å². The van der Waals surface area contributed by atoms with Crippen LogP contribution in [0.3, 0.4) is 0 Å². The van der Waals surface area contributed by atoms with E-state index in [0.717, 1.165) is 16.6 Å². The summed E-state index contributed by atoms with van der Waals surface area (Å²) in [4.78, 5) is 10.9. The SMILES string of the molecule is NCc1c[nH]c2ncncc12. The van der Waals surface area contributed by atoms with Crippen LogP contribution in [-0.4, -0.2) is 15.0 Å². The van der Waals surface area contributed by atoms with Gasteiger partial charge in [-0.15, -0.1) is 0 Å². The summed E-state index contributed by atoms with van der Waals surface area (Å²) in [5.74, 6) is 0. The molecule has 0 amide bonds. The van der Waals surface area contributed by atoms with Crippen molar-refractivity contribution >= 4 is 11.0 Å². The Hall–Kier alpha value is -1.42. The first-order chi connectivity index (χ1) is 5.42. The molecule has 0 spiro atoms. The minimum absolute atomic E-state index is 0.521. The Kier molecular flexibility index (Phi) is 1.33. The Labute approximate surface area is 63.5 Å². The van der Waals surface area contributed by atoms with Crippen molar-refractivity contribution in [2.24, 2.45) is 5.73 Å². The number of aromatic amines is 1. The number of hydrogen-bond donors (Lipinski definition) is 2. The van der Waals surface area contributed by atoms with E-state index in [1.54, 1.807) is 6.20 Å². The van der Waals surface area contributed by atoms with Gasteiger partial charge in [0.2, 0.25) is 0 Å². The third-order valence-electron chi connectivity index (χ3n) is 1.66. The van der Waals surface area contributed by atoms with Crippen LogP contribution in [0, 0.1) is 0 Å². The van der Waals surface area contributed by atoms with Gasteiger partial charge in [0.05, 0.1) is 0 Å². The monoisotopic (exact) mass is 148 g/mol. The van der Waals surface area contributed by atoms with Gasteiger partial charge in [0.15, 0.2) is 0 Å². The van der Waals surface area contributed by atoms with Crippen molar-refractivity contribution in [3.05, 3.63) is 24.3 Å². The van der Waals surface area contributed by atoms with Crippen LogP contribution < -0.4 is 5.73 Å². The van der Waals surface area contributed by atoms with E-state index in [9.17, 15) is 0 Å². The van der Waals surface area contributed by atoms with Gasteiger partial charge < -0.3 is 10.7 Å². The normalized spacial score (nSPS) is 10.6. The van der Waals surface area contributed by atoms with Crippen LogP contribution in [0.5, 0.6) is 0 Å². The van der Waals surface area contributed by atoms with Crippen LogP contribution in [0.2, 0.25) is 0 Å². The van der Waals surface area contributed by atoms with Crippen LogP contribution >= 0.6 is 0 Å². The summed E-state index contributed by atoms with van der Waals surface area (Å²) in [5.41, 5.74) is 7.39. The third-order valence-corrected chi connectivity index (χ3v) is 1.66. The largest absolute Gasteiger partial charge is 0.346 e. The standard InChI is InChI=1S/C7H8N4/c8-1-5-2-10-7-6(5)3-9-4-11-7/h2-4H,1,8H2,(H,9,10,11). The minimum atomic E-state index is 0.521. The van der Waals surface area contributed by atoms with Gasteiger partial charge in [-0.25, -0.2) is 9.97 Å². The zero-order chi connectivity index (χ0) is 7.68. The number of fused-ring (bicyclic) bond motifs is 1. The lowest BCUT2D eigenvalue weighted by molar-refractivity contribution is 1.08. The Morgan fingerprint density at radius 3 is 3.27 bits per heavy atom. The summed E-state index contributed by atoms with van der Waals surface area (Å²) in [5, 5.41) is 1.01. The van der Waals surface area contributed by atoms with Gasteiger partial charge in [-0.05, 0) is 5.56 Å². The average molecular weight is 148 g/mol. The number of H-pyrrole nitrogens is 1. The highest BCUT2D eigenvalue weighted by Gasteiger charge is 2.00. The van der Waals surface area contributed by atoms with Crippen LogP contribution in [0.15, 0.2) is 18.7 Å². The van der Waals surface area contributed by atoms with Crippen LogP contribution in [0.1, 0.15) is 5.56 Å². The lowest BCUT2D eigenvalue weighted by atomic mass is 10.2. The molecule has 11 heavy (non-hydrogen) atoms. The molecule has 4 nitrogen and oxygen atoms in total. The first kappa shape index (κ1) is 6.30. The van der Waals surface area contributed by atoms with Crippen molar-refractivity contribution in [2.75, 3.05) is 0 Å². The molecule has 0 bridgehead atoms.